The van der Waals surface area contributed by atoms with Crippen molar-refractivity contribution in [1.29, 1.82) is 0 Å². The van der Waals surface area contributed by atoms with Gasteiger partial charge in [-0.05, 0) is 31.7 Å². The Labute approximate surface area is 134 Å². The molecule has 0 saturated carbocycles. The number of rotatable bonds is 7. The van der Waals surface area contributed by atoms with Gasteiger partial charge in [0.05, 0.1) is 11.4 Å². The number of carbonyl (C=O) groups is 1. The first-order valence-corrected chi connectivity index (χ1v) is 7.68. The van der Waals surface area contributed by atoms with Gasteiger partial charge in [-0.1, -0.05) is 36.2 Å². The van der Waals surface area contributed by atoms with Crippen LogP contribution in [0, 0.1) is 0 Å². The van der Waals surface area contributed by atoms with E-state index in [2.05, 4.69) is 27.9 Å². The van der Waals surface area contributed by atoms with Crippen molar-refractivity contribution in [3.8, 4) is 5.69 Å². The summed E-state index contributed by atoms with van der Waals surface area (Å²) in [6.45, 7) is 3.31. The molecule has 1 amide bonds. The Morgan fingerprint density at radius 2 is 2.18 bits per heavy atom. The van der Waals surface area contributed by atoms with Crippen molar-refractivity contribution in [1.82, 2.24) is 25.6 Å². The van der Waals surface area contributed by atoms with Crippen LogP contribution in [0.25, 0.3) is 5.69 Å². The maximum atomic E-state index is 12.2. The normalized spacial score (nSPS) is 10.7. The summed E-state index contributed by atoms with van der Waals surface area (Å²) in [6, 6.07) is 7.34. The summed E-state index contributed by atoms with van der Waals surface area (Å²) >= 11 is 6.03. The van der Waals surface area contributed by atoms with E-state index in [0.29, 0.717) is 30.2 Å². The summed E-state index contributed by atoms with van der Waals surface area (Å²) in [5.41, 5.74) is 1.97. The maximum Gasteiger partial charge on any atom is 0.273 e. The minimum absolute atomic E-state index is 0.202. The van der Waals surface area contributed by atoms with Crippen LogP contribution in [0.3, 0.4) is 0 Å². The Kier molecular flexibility index (Phi) is 5.91. The van der Waals surface area contributed by atoms with Crippen LogP contribution in [0.5, 0.6) is 0 Å². The third-order valence-corrected chi connectivity index (χ3v) is 3.41. The SMILES string of the molecule is CCCc1c(C(=O)NCCNC)nnn1-c1cccc(Cl)c1. The molecule has 0 atom stereocenters. The van der Waals surface area contributed by atoms with Crippen LogP contribution < -0.4 is 10.6 Å². The molecule has 1 aromatic carbocycles. The third kappa shape index (κ3) is 3.84. The monoisotopic (exact) mass is 321 g/mol. The van der Waals surface area contributed by atoms with Gasteiger partial charge in [-0.3, -0.25) is 4.79 Å². The lowest BCUT2D eigenvalue weighted by Gasteiger charge is -2.08. The summed E-state index contributed by atoms with van der Waals surface area (Å²) in [7, 11) is 1.84. The van der Waals surface area contributed by atoms with E-state index in [1.54, 1.807) is 16.8 Å². The second-order valence-corrected chi connectivity index (χ2v) is 5.32. The zero-order valence-corrected chi connectivity index (χ0v) is 13.5. The topological polar surface area (TPSA) is 71.8 Å². The quantitative estimate of drug-likeness (QED) is 0.763. The second-order valence-electron chi connectivity index (χ2n) is 4.89. The number of hydrogen-bond acceptors (Lipinski definition) is 4. The van der Waals surface area contributed by atoms with Crippen LogP contribution in [-0.4, -0.2) is 41.0 Å². The van der Waals surface area contributed by atoms with Crippen molar-refractivity contribution in [3.63, 3.8) is 0 Å². The van der Waals surface area contributed by atoms with E-state index >= 15 is 0 Å². The largest absolute Gasteiger partial charge is 0.349 e. The molecular weight excluding hydrogens is 302 g/mol. The van der Waals surface area contributed by atoms with Crippen molar-refractivity contribution < 1.29 is 4.79 Å². The smallest absolute Gasteiger partial charge is 0.273 e. The lowest BCUT2D eigenvalue weighted by molar-refractivity contribution is 0.0948. The molecule has 0 unspecified atom stereocenters. The van der Waals surface area contributed by atoms with Crippen LogP contribution in [0.1, 0.15) is 29.5 Å². The highest BCUT2D eigenvalue weighted by Gasteiger charge is 2.19. The van der Waals surface area contributed by atoms with Gasteiger partial charge in [-0.25, -0.2) is 4.68 Å². The zero-order valence-electron chi connectivity index (χ0n) is 12.8. The van der Waals surface area contributed by atoms with Crippen molar-refractivity contribution in [2.75, 3.05) is 20.1 Å². The molecule has 2 aromatic rings. The fourth-order valence-electron chi connectivity index (χ4n) is 2.14. The Morgan fingerprint density at radius 1 is 1.36 bits per heavy atom. The van der Waals surface area contributed by atoms with Crippen LogP contribution >= 0.6 is 11.6 Å². The van der Waals surface area contributed by atoms with Gasteiger partial charge < -0.3 is 10.6 Å². The minimum Gasteiger partial charge on any atom is -0.349 e. The number of halogens is 1. The Balaban J connectivity index is 2.30. The standard InChI is InChI=1S/C15H20ClN5O/c1-3-5-13-14(15(22)18-9-8-17-2)19-20-21(13)12-7-4-6-11(16)10-12/h4,6-7,10,17H,3,5,8-9H2,1-2H3,(H,18,22). The number of nitrogens with zero attached hydrogens (tertiary/aromatic N) is 3. The molecule has 0 spiro atoms. The van der Waals surface area contributed by atoms with Gasteiger partial charge in [0.25, 0.3) is 5.91 Å². The molecular formula is C15H20ClN5O. The van der Waals surface area contributed by atoms with Gasteiger partial charge in [-0.2, -0.15) is 0 Å². The molecule has 0 saturated heterocycles. The van der Waals surface area contributed by atoms with Gasteiger partial charge in [0.1, 0.15) is 0 Å². The number of likely N-dealkylation sites (N-methyl/N-ethyl adjacent to an activating group) is 1. The van der Waals surface area contributed by atoms with Gasteiger partial charge in [0, 0.05) is 18.1 Å². The molecule has 0 bridgehead atoms. The van der Waals surface area contributed by atoms with Crippen molar-refractivity contribution in [2.45, 2.75) is 19.8 Å². The van der Waals surface area contributed by atoms with Crippen molar-refractivity contribution >= 4 is 17.5 Å². The molecule has 2 N–H and O–H groups in total. The van der Waals surface area contributed by atoms with E-state index in [1.165, 1.54) is 0 Å². The number of amides is 1. The molecule has 22 heavy (non-hydrogen) atoms. The average molecular weight is 322 g/mol. The lowest BCUT2D eigenvalue weighted by Crippen LogP contribution is -2.31. The van der Waals surface area contributed by atoms with E-state index in [0.717, 1.165) is 17.8 Å². The van der Waals surface area contributed by atoms with Crippen LogP contribution in [0.4, 0.5) is 0 Å². The average Bonchev–Trinajstić information content (AvgIpc) is 2.91. The lowest BCUT2D eigenvalue weighted by atomic mass is 10.2. The number of aromatic nitrogens is 3. The van der Waals surface area contributed by atoms with Crippen LogP contribution in [0.2, 0.25) is 5.02 Å². The first-order valence-electron chi connectivity index (χ1n) is 7.30. The first kappa shape index (κ1) is 16.5. The molecule has 1 heterocycles. The predicted octanol–water partition coefficient (Wildman–Crippen LogP) is 1.82. The highest BCUT2D eigenvalue weighted by atomic mass is 35.5. The summed E-state index contributed by atoms with van der Waals surface area (Å²) in [6.07, 6.45) is 1.61. The molecule has 0 aliphatic carbocycles. The van der Waals surface area contributed by atoms with Crippen LogP contribution in [-0.2, 0) is 6.42 Å². The molecule has 0 aliphatic heterocycles. The highest BCUT2D eigenvalue weighted by molar-refractivity contribution is 6.30. The zero-order chi connectivity index (χ0) is 15.9. The highest BCUT2D eigenvalue weighted by Crippen LogP contribution is 2.18. The minimum atomic E-state index is -0.202. The summed E-state index contributed by atoms with van der Waals surface area (Å²) < 4.78 is 1.68. The Bertz CT molecular complexity index is 641. The number of hydrogen-bond donors (Lipinski definition) is 2. The van der Waals surface area contributed by atoms with Gasteiger partial charge in [-0.15, -0.1) is 5.10 Å². The Hall–Kier alpha value is -1.92. The van der Waals surface area contributed by atoms with E-state index in [1.807, 2.05) is 19.2 Å². The Morgan fingerprint density at radius 3 is 2.86 bits per heavy atom. The molecule has 6 nitrogen and oxygen atoms in total. The fourth-order valence-corrected chi connectivity index (χ4v) is 2.32. The van der Waals surface area contributed by atoms with Crippen molar-refractivity contribution in [3.05, 3.63) is 40.7 Å². The number of carbonyl (C=O) groups excluding carboxylic acids is 1. The molecule has 2 rings (SSSR count). The van der Waals surface area contributed by atoms with Crippen LogP contribution in [0.15, 0.2) is 24.3 Å². The van der Waals surface area contributed by atoms with Gasteiger partial charge in [0.15, 0.2) is 5.69 Å². The maximum absolute atomic E-state index is 12.2. The second kappa shape index (κ2) is 7.91. The summed E-state index contributed by atoms with van der Waals surface area (Å²) in [5, 5.41) is 14.6. The predicted molar refractivity (Wildman–Crippen MR) is 86.6 cm³/mol. The molecule has 7 heteroatoms. The summed E-state index contributed by atoms with van der Waals surface area (Å²) in [5.74, 6) is -0.202. The number of benzene rings is 1. The van der Waals surface area contributed by atoms with Gasteiger partial charge in [0.2, 0.25) is 0 Å². The first-order chi connectivity index (χ1) is 10.7. The fraction of sp³-hybridized carbons (Fsp3) is 0.400. The third-order valence-electron chi connectivity index (χ3n) is 3.18. The molecule has 0 fully saturated rings. The van der Waals surface area contributed by atoms with E-state index in [-0.39, 0.29) is 5.91 Å². The van der Waals surface area contributed by atoms with E-state index in [9.17, 15) is 4.79 Å². The van der Waals surface area contributed by atoms with E-state index in [4.69, 9.17) is 11.6 Å². The van der Waals surface area contributed by atoms with Gasteiger partial charge >= 0.3 is 0 Å². The molecule has 118 valence electrons. The molecule has 0 aliphatic rings. The van der Waals surface area contributed by atoms with Crippen molar-refractivity contribution in [2.24, 2.45) is 0 Å². The molecule has 0 radical (unpaired) electrons. The van der Waals surface area contributed by atoms with E-state index < -0.39 is 0 Å². The molecule has 1 aromatic heterocycles. The number of nitrogens with one attached hydrogen (secondary N) is 2. The summed E-state index contributed by atoms with van der Waals surface area (Å²) in [4.78, 5) is 12.2.